The summed E-state index contributed by atoms with van der Waals surface area (Å²) in [5.41, 5.74) is 1.50. The number of nitrogens with one attached hydrogen (secondary N) is 2. The van der Waals surface area contributed by atoms with Crippen molar-refractivity contribution in [3.05, 3.63) is 40.9 Å². The zero-order chi connectivity index (χ0) is 23.1. The minimum absolute atomic E-state index is 0.147. The van der Waals surface area contributed by atoms with Crippen LogP contribution >= 0.6 is 23.4 Å². The third-order valence-corrected chi connectivity index (χ3v) is 5.51. The number of ether oxygens (including phenoxy) is 4. The molecule has 0 saturated heterocycles. The Bertz CT molecular complexity index is 1070. The monoisotopic (exact) mass is 478 g/mol. The van der Waals surface area contributed by atoms with E-state index in [2.05, 4.69) is 20.5 Å². The molecular weight excluding hydrogens is 456 g/mol. The Morgan fingerprint density at radius 1 is 1.03 bits per heavy atom. The second-order valence-electron chi connectivity index (χ2n) is 6.41. The number of H-pyrrole nitrogens is 1. The van der Waals surface area contributed by atoms with Crippen LogP contribution in [0.25, 0.3) is 11.4 Å². The largest absolute Gasteiger partial charge is 0.496 e. The van der Waals surface area contributed by atoms with E-state index in [1.807, 2.05) is 0 Å². The maximum absolute atomic E-state index is 12.3. The van der Waals surface area contributed by atoms with Gasteiger partial charge in [-0.2, -0.15) is 0 Å². The lowest BCUT2D eigenvalue weighted by Gasteiger charge is -2.14. The van der Waals surface area contributed by atoms with Crippen molar-refractivity contribution in [2.24, 2.45) is 0 Å². The maximum Gasteiger partial charge on any atom is 0.230 e. The van der Waals surface area contributed by atoms with Gasteiger partial charge in [-0.3, -0.25) is 9.89 Å². The van der Waals surface area contributed by atoms with Gasteiger partial charge in [0.25, 0.3) is 0 Å². The van der Waals surface area contributed by atoms with Crippen LogP contribution in [-0.4, -0.2) is 55.3 Å². The number of carbonyl (C=O) groups excluding carboxylic acids is 1. The fourth-order valence-corrected chi connectivity index (χ4v) is 3.72. The molecule has 1 heterocycles. The fraction of sp³-hybridized carbons (Fsp3) is 0.286. The fourth-order valence-electron chi connectivity index (χ4n) is 2.92. The van der Waals surface area contributed by atoms with Crippen LogP contribution in [0.3, 0.4) is 0 Å². The molecule has 0 aliphatic carbocycles. The zero-order valence-electron chi connectivity index (χ0n) is 18.0. The van der Waals surface area contributed by atoms with E-state index in [1.54, 1.807) is 51.7 Å². The summed E-state index contributed by atoms with van der Waals surface area (Å²) in [6.45, 7) is 0.301. The highest BCUT2D eigenvalue weighted by molar-refractivity contribution is 7.99. The topological polar surface area (TPSA) is 108 Å². The first-order valence-corrected chi connectivity index (χ1v) is 10.8. The Hall–Kier alpha value is -3.11. The molecule has 0 unspecified atom stereocenters. The van der Waals surface area contributed by atoms with Crippen molar-refractivity contribution in [1.29, 1.82) is 0 Å². The number of halogens is 1. The third kappa shape index (κ3) is 5.57. The predicted molar refractivity (Wildman–Crippen MR) is 122 cm³/mol. The molecule has 3 aromatic rings. The maximum atomic E-state index is 12.3. The lowest BCUT2D eigenvalue weighted by molar-refractivity contribution is -0.118. The Labute approximate surface area is 194 Å². The molecule has 2 aromatic carbocycles. The lowest BCUT2D eigenvalue weighted by Crippen LogP contribution is -2.24. The summed E-state index contributed by atoms with van der Waals surface area (Å²) >= 11 is 7.28. The van der Waals surface area contributed by atoms with Crippen molar-refractivity contribution >= 4 is 29.3 Å². The van der Waals surface area contributed by atoms with Crippen LogP contribution in [0.4, 0.5) is 0 Å². The quantitative estimate of drug-likeness (QED) is 0.426. The number of hydrogen-bond acceptors (Lipinski definition) is 8. The minimum Gasteiger partial charge on any atom is -0.496 e. The van der Waals surface area contributed by atoms with Crippen LogP contribution in [0, 0.1) is 0 Å². The molecule has 2 N–H and O–H groups in total. The summed E-state index contributed by atoms with van der Waals surface area (Å²) in [6.07, 6.45) is 0. The summed E-state index contributed by atoms with van der Waals surface area (Å²) in [6, 6.07) is 8.79. The smallest absolute Gasteiger partial charge is 0.230 e. The molecule has 0 spiro atoms. The van der Waals surface area contributed by atoms with Gasteiger partial charge in [0.2, 0.25) is 16.8 Å². The van der Waals surface area contributed by atoms with Crippen molar-refractivity contribution in [2.75, 3.05) is 34.2 Å². The molecule has 9 nitrogen and oxygen atoms in total. The summed E-state index contributed by atoms with van der Waals surface area (Å²) in [5.74, 6) is 2.64. The van der Waals surface area contributed by atoms with Crippen molar-refractivity contribution in [2.45, 2.75) is 11.7 Å². The van der Waals surface area contributed by atoms with Gasteiger partial charge in [0.15, 0.2) is 17.3 Å². The van der Waals surface area contributed by atoms with E-state index < -0.39 is 0 Å². The highest BCUT2D eigenvalue weighted by Gasteiger charge is 2.15. The van der Waals surface area contributed by atoms with Crippen LogP contribution < -0.4 is 24.3 Å². The van der Waals surface area contributed by atoms with Gasteiger partial charge in [-0.15, -0.1) is 5.10 Å². The number of aromatic nitrogens is 3. The Balaban J connectivity index is 1.59. The SMILES string of the molecule is COc1ccc(Cl)cc1-c1nc(SCC(=O)NCc2cc(OC)c(OC)c(OC)c2)n[nH]1. The highest BCUT2D eigenvalue weighted by atomic mass is 35.5. The van der Waals surface area contributed by atoms with Gasteiger partial charge in [0, 0.05) is 11.6 Å². The standard InChI is InChI=1S/C21H23ClN4O5S/c1-28-15-6-5-13(22)9-14(15)20-24-21(26-25-20)32-11-18(27)23-10-12-7-16(29-2)19(31-4)17(8-12)30-3/h5-9H,10-11H2,1-4H3,(H,23,27)(H,24,25,26). The van der Waals surface area contributed by atoms with Crippen LogP contribution in [0.15, 0.2) is 35.5 Å². The molecule has 11 heteroatoms. The van der Waals surface area contributed by atoms with E-state index in [4.69, 9.17) is 30.5 Å². The first-order valence-electron chi connectivity index (χ1n) is 9.43. The number of carbonyl (C=O) groups is 1. The summed E-state index contributed by atoms with van der Waals surface area (Å²) in [5, 5.41) is 10.9. The molecule has 170 valence electrons. The van der Waals surface area contributed by atoms with Crippen LogP contribution in [-0.2, 0) is 11.3 Å². The molecule has 1 aromatic heterocycles. The normalized spacial score (nSPS) is 10.5. The van der Waals surface area contributed by atoms with Gasteiger partial charge in [0.1, 0.15) is 5.75 Å². The molecule has 0 atom stereocenters. The molecule has 0 radical (unpaired) electrons. The molecule has 0 fully saturated rings. The van der Waals surface area contributed by atoms with E-state index in [-0.39, 0.29) is 11.7 Å². The van der Waals surface area contributed by atoms with Crippen molar-refractivity contribution < 1.29 is 23.7 Å². The lowest BCUT2D eigenvalue weighted by atomic mass is 10.2. The van der Waals surface area contributed by atoms with E-state index >= 15 is 0 Å². The van der Waals surface area contributed by atoms with Crippen LogP contribution in [0.1, 0.15) is 5.56 Å². The number of amides is 1. The Kier molecular flexibility index (Phi) is 8.07. The Morgan fingerprint density at radius 2 is 1.72 bits per heavy atom. The number of benzene rings is 2. The first kappa shape index (κ1) is 23.6. The number of rotatable bonds is 10. The summed E-state index contributed by atoms with van der Waals surface area (Å²) in [7, 11) is 6.19. The van der Waals surface area contributed by atoms with Crippen molar-refractivity contribution in [3.8, 4) is 34.4 Å². The molecule has 1 amide bonds. The predicted octanol–water partition coefficient (Wildman–Crippen LogP) is 3.57. The number of thioether (sulfide) groups is 1. The molecule has 0 bridgehead atoms. The van der Waals surface area contributed by atoms with Crippen molar-refractivity contribution in [1.82, 2.24) is 20.5 Å². The minimum atomic E-state index is -0.171. The molecular formula is C21H23ClN4O5S. The van der Waals surface area contributed by atoms with Gasteiger partial charge >= 0.3 is 0 Å². The molecule has 0 saturated carbocycles. The summed E-state index contributed by atoms with van der Waals surface area (Å²) in [4.78, 5) is 16.7. The molecule has 0 aliphatic rings. The van der Waals surface area contributed by atoms with Gasteiger partial charge < -0.3 is 24.3 Å². The van der Waals surface area contributed by atoms with E-state index in [9.17, 15) is 4.79 Å². The third-order valence-electron chi connectivity index (χ3n) is 4.43. The molecule has 3 rings (SSSR count). The van der Waals surface area contributed by atoms with Crippen LogP contribution in [0.2, 0.25) is 5.02 Å². The summed E-state index contributed by atoms with van der Waals surface area (Å²) < 4.78 is 21.3. The highest BCUT2D eigenvalue weighted by Crippen LogP contribution is 2.38. The van der Waals surface area contributed by atoms with Crippen LogP contribution in [0.5, 0.6) is 23.0 Å². The Morgan fingerprint density at radius 3 is 2.34 bits per heavy atom. The average molecular weight is 479 g/mol. The van der Waals surface area contributed by atoms with Crippen molar-refractivity contribution in [3.63, 3.8) is 0 Å². The van der Waals surface area contributed by atoms with E-state index in [0.29, 0.717) is 51.1 Å². The first-order chi connectivity index (χ1) is 15.5. The molecule has 0 aliphatic heterocycles. The zero-order valence-corrected chi connectivity index (χ0v) is 19.6. The average Bonchev–Trinajstić information content (AvgIpc) is 3.29. The van der Waals surface area contributed by atoms with E-state index in [0.717, 1.165) is 5.56 Å². The number of nitrogens with zero attached hydrogens (tertiary/aromatic N) is 2. The second-order valence-corrected chi connectivity index (χ2v) is 7.79. The number of methoxy groups -OCH3 is 4. The van der Waals surface area contributed by atoms with Gasteiger partial charge in [-0.1, -0.05) is 23.4 Å². The van der Waals surface area contributed by atoms with Gasteiger partial charge in [0.05, 0.1) is 39.8 Å². The van der Waals surface area contributed by atoms with Gasteiger partial charge in [-0.05, 0) is 35.9 Å². The van der Waals surface area contributed by atoms with E-state index in [1.165, 1.54) is 18.9 Å². The second kappa shape index (κ2) is 11.0. The van der Waals surface area contributed by atoms with Gasteiger partial charge in [-0.25, -0.2) is 4.98 Å². The number of aromatic amines is 1. The molecule has 32 heavy (non-hydrogen) atoms. The number of hydrogen-bond donors (Lipinski definition) is 2.